The summed E-state index contributed by atoms with van der Waals surface area (Å²) in [6.45, 7) is 2.22. The van der Waals surface area contributed by atoms with E-state index in [4.69, 9.17) is 5.73 Å². The van der Waals surface area contributed by atoms with Crippen LogP contribution in [0.5, 0.6) is 0 Å². The van der Waals surface area contributed by atoms with Crippen LogP contribution in [0.3, 0.4) is 0 Å². The number of nitrogens with one attached hydrogen (secondary N) is 1. The van der Waals surface area contributed by atoms with Crippen molar-refractivity contribution in [2.24, 2.45) is 17.6 Å². The predicted octanol–water partition coefficient (Wildman–Crippen LogP) is 2.98. The number of hydrogen-bond donors (Lipinski definition) is 2. The first-order valence-electron chi connectivity index (χ1n) is 8.21. The van der Waals surface area contributed by atoms with E-state index in [0.717, 1.165) is 19.3 Å². The van der Waals surface area contributed by atoms with E-state index in [0.29, 0.717) is 12.0 Å². The zero-order chi connectivity index (χ0) is 13.7. The van der Waals surface area contributed by atoms with Gasteiger partial charge in [0, 0.05) is 18.0 Å². The van der Waals surface area contributed by atoms with Gasteiger partial charge in [0.05, 0.1) is 0 Å². The van der Waals surface area contributed by atoms with Crippen molar-refractivity contribution < 1.29 is 4.79 Å². The largest absolute Gasteiger partial charge is 0.353 e. The highest BCUT2D eigenvalue weighted by Gasteiger charge is 2.30. The van der Waals surface area contributed by atoms with Gasteiger partial charge in [-0.05, 0) is 38.0 Å². The van der Waals surface area contributed by atoms with Gasteiger partial charge in [-0.3, -0.25) is 4.79 Å². The topological polar surface area (TPSA) is 55.1 Å². The number of amides is 1. The molecule has 2 fully saturated rings. The maximum Gasteiger partial charge on any atom is 0.223 e. The monoisotopic (exact) mass is 266 g/mol. The van der Waals surface area contributed by atoms with Crippen molar-refractivity contribution in [3.63, 3.8) is 0 Å². The maximum atomic E-state index is 12.4. The molecule has 1 amide bonds. The molecule has 19 heavy (non-hydrogen) atoms. The Labute approximate surface area is 117 Å². The van der Waals surface area contributed by atoms with Gasteiger partial charge >= 0.3 is 0 Å². The lowest BCUT2D eigenvalue weighted by Crippen LogP contribution is -2.44. The molecule has 0 aromatic rings. The van der Waals surface area contributed by atoms with Gasteiger partial charge in [0.25, 0.3) is 0 Å². The van der Waals surface area contributed by atoms with Crippen molar-refractivity contribution in [2.45, 2.75) is 83.2 Å². The first kappa shape index (κ1) is 14.8. The Morgan fingerprint density at radius 1 is 1.00 bits per heavy atom. The molecule has 3 atom stereocenters. The first-order chi connectivity index (χ1) is 9.15. The van der Waals surface area contributed by atoms with Crippen LogP contribution in [0, 0.1) is 11.8 Å². The van der Waals surface area contributed by atoms with Crippen molar-refractivity contribution in [1.82, 2.24) is 5.32 Å². The van der Waals surface area contributed by atoms with Gasteiger partial charge in [-0.1, -0.05) is 39.0 Å². The van der Waals surface area contributed by atoms with E-state index in [1.807, 2.05) is 0 Å². The van der Waals surface area contributed by atoms with Crippen LogP contribution in [0.15, 0.2) is 0 Å². The number of nitrogens with two attached hydrogens (primary N) is 1. The van der Waals surface area contributed by atoms with Gasteiger partial charge in [0.1, 0.15) is 0 Å². The number of carbonyl (C=O) groups excluding carboxylic acids is 1. The Morgan fingerprint density at radius 3 is 2.26 bits per heavy atom. The van der Waals surface area contributed by atoms with E-state index in [1.54, 1.807) is 0 Å². The molecule has 0 aromatic heterocycles. The Morgan fingerprint density at radius 2 is 1.63 bits per heavy atom. The Kier molecular flexibility index (Phi) is 5.68. The number of rotatable bonds is 2. The van der Waals surface area contributed by atoms with Crippen LogP contribution in [0.25, 0.3) is 0 Å². The van der Waals surface area contributed by atoms with Gasteiger partial charge in [-0.2, -0.15) is 0 Å². The standard InChI is InChI=1S/C16H30N2O/c1-12-9-13(11-14(17)10-12)16(19)18-15-7-5-3-2-4-6-8-15/h12-15H,2-11,17H2,1H3,(H,18,19). The third-order valence-electron chi connectivity index (χ3n) is 4.80. The normalized spacial score (nSPS) is 34.3. The van der Waals surface area contributed by atoms with E-state index in [9.17, 15) is 4.79 Å². The van der Waals surface area contributed by atoms with E-state index in [-0.39, 0.29) is 17.9 Å². The third-order valence-corrected chi connectivity index (χ3v) is 4.80. The molecule has 0 saturated heterocycles. The SMILES string of the molecule is CC1CC(N)CC(C(=O)NC2CCCCCCC2)C1. The quantitative estimate of drug-likeness (QED) is 0.807. The summed E-state index contributed by atoms with van der Waals surface area (Å²) in [5.74, 6) is 1.02. The van der Waals surface area contributed by atoms with E-state index in [1.165, 1.54) is 44.9 Å². The first-order valence-corrected chi connectivity index (χ1v) is 8.21. The molecule has 0 spiro atoms. The van der Waals surface area contributed by atoms with Gasteiger partial charge < -0.3 is 11.1 Å². The Hall–Kier alpha value is -0.570. The smallest absolute Gasteiger partial charge is 0.223 e. The zero-order valence-corrected chi connectivity index (χ0v) is 12.4. The molecule has 110 valence electrons. The molecule has 2 rings (SSSR count). The lowest BCUT2D eigenvalue weighted by Gasteiger charge is -2.32. The van der Waals surface area contributed by atoms with Crippen LogP contribution < -0.4 is 11.1 Å². The summed E-state index contributed by atoms with van der Waals surface area (Å²) in [7, 11) is 0. The molecule has 0 aromatic carbocycles. The van der Waals surface area contributed by atoms with Gasteiger partial charge in [-0.25, -0.2) is 0 Å². The van der Waals surface area contributed by atoms with Gasteiger partial charge in [0.2, 0.25) is 5.91 Å². The van der Waals surface area contributed by atoms with E-state index in [2.05, 4.69) is 12.2 Å². The van der Waals surface area contributed by atoms with Gasteiger partial charge in [0.15, 0.2) is 0 Å². The summed E-state index contributed by atoms with van der Waals surface area (Å²) in [6.07, 6.45) is 11.9. The van der Waals surface area contributed by atoms with Crippen molar-refractivity contribution in [2.75, 3.05) is 0 Å². The fourth-order valence-electron chi connectivity index (χ4n) is 3.79. The fraction of sp³-hybridized carbons (Fsp3) is 0.938. The fourth-order valence-corrected chi connectivity index (χ4v) is 3.79. The summed E-state index contributed by atoms with van der Waals surface area (Å²) >= 11 is 0. The lowest BCUT2D eigenvalue weighted by molar-refractivity contribution is -0.127. The summed E-state index contributed by atoms with van der Waals surface area (Å²) in [6, 6.07) is 0.637. The van der Waals surface area contributed by atoms with Crippen LogP contribution in [-0.2, 0) is 4.79 Å². The van der Waals surface area contributed by atoms with Crippen molar-refractivity contribution in [3.8, 4) is 0 Å². The molecule has 2 saturated carbocycles. The van der Waals surface area contributed by atoms with Crippen molar-refractivity contribution in [3.05, 3.63) is 0 Å². The summed E-state index contributed by atoms with van der Waals surface area (Å²) < 4.78 is 0. The highest BCUT2D eigenvalue weighted by Crippen LogP contribution is 2.28. The highest BCUT2D eigenvalue weighted by atomic mass is 16.1. The molecule has 0 radical (unpaired) electrons. The molecule has 3 nitrogen and oxygen atoms in total. The minimum Gasteiger partial charge on any atom is -0.353 e. The average molecular weight is 266 g/mol. The molecule has 0 aliphatic heterocycles. The van der Waals surface area contributed by atoms with Crippen LogP contribution >= 0.6 is 0 Å². The van der Waals surface area contributed by atoms with Crippen LogP contribution in [-0.4, -0.2) is 18.0 Å². The molecular formula is C16H30N2O. The molecular weight excluding hydrogens is 236 g/mol. The highest BCUT2D eigenvalue weighted by molar-refractivity contribution is 5.79. The second-order valence-corrected chi connectivity index (χ2v) is 6.82. The molecule has 3 unspecified atom stereocenters. The Balaban J connectivity index is 1.81. The minimum atomic E-state index is 0.157. The van der Waals surface area contributed by atoms with Crippen LogP contribution in [0.2, 0.25) is 0 Å². The Bertz CT molecular complexity index is 274. The minimum absolute atomic E-state index is 0.157. The molecule has 3 N–H and O–H groups in total. The lowest BCUT2D eigenvalue weighted by atomic mass is 9.79. The molecule has 3 heteroatoms. The maximum absolute atomic E-state index is 12.4. The summed E-state index contributed by atoms with van der Waals surface area (Å²) in [5.41, 5.74) is 6.05. The van der Waals surface area contributed by atoms with Crippen LogP contribution in [0.1, 0.15) is 71.1 Å². The summed E-state index contributed by atoms with van der Waals surface area (Å²) in [4.78, 5) is 12.4. The number of hydrogen-bond acceptors (Lipinski definition) is 2. The third kappa shape index (κ3) is 4.79. The van der Waals surface area contributed by atoms with Crippen molar-refractivity contribution in [1.29, 1.82) is 0 Å². The van der Waals surface area contributed by atoms with E-state index < -0.39 is 0 Å². The van der Waals surface area contributed by atoms with E-state index >= 15 is 0 Å². The molecule has 0 heterocycles. The zero-order valence-electron chi connectivity index (χ0n) is 12.4. The number of carbonyl (C=O) groups is 1. The van der Waals surface area contributed by atoms with Crippen molar-refractivity contribution >= 4 is 5.91 Å². The average Bonchev–Trinajstić information content (AvgIpc) is 2.31. The molecule has 0 bridgehead atoms. The second-order valence-electron chi connectivity index (χ2n) is 6.82. The van der Waals surface area contributed by atoms with Gasteiger partial charge in [-0.15, -0.1) is 0 Å². The summed E-state index contributed by atoms with van der Waals surface area (Å²) in [5, 5.41) is 3.30. The second kappa shape index (κ2) is 7.28. The molecule has 2 aliphatic carbocycles. The molecule has 2 aliphatic rings. The van der Waals surface area contributed by atoms with Crippen LogP contribution in [0.4, 0.5) is 0 Å². The predicted molar refractivity (Wildman–Crippen MR) is 78.7 cm³/mol.